The van der Waals surface area contributed by atoms with Crippen LogP contribution >= 0.6 is 0 Å². The Kier molecular flexibility index (Phi) is 6.47. The molecular formula is C25H32F4N6O4. The molecule has 2 heterocycles. The number of carbonyl (C=O) groups is 2. The van der Waals surface area contributed by atoms with Crippen molar-refractivity contribution in [3.8, 4) is 0 Å². The highest BCUT2D eigenvalue weighted by molar-refractivity contribution is 6.02. The third-order valence-electron chi connectivity index (χ3n) is 8.08. The smallest absolute Gasteiger partial charge is 0.465 e. The van der Waals surface area contributed by atoms with Crippen LogP contribution in [0.15, 0.2) is 12.1 Å². The second kappa shape index (κ2) is 9.20. The molecular weight excluding hydrogens is 524 g/mol. The monoisotopic (exact) mass is 556 g/mol. The summed E-state index contributed by atoms with van der Waals surface area (Å²) in [6.07, 6.45) is -4.46. The van der Waals surface area contributed by atoms with Crippen molar-refractivity contribution in [2.75, 3.05) is 5.32 Å². The molecule has 39 heavy (non-hydrogen) atoms. The van der Waals surface area contributed by atoms with Crippen molar-refractivity contribution < 1.29 is 37.0 Å². The molecule has 2 aromatic rings. The fourth-order valence-corrected chi connectivity index (χ4v) is 6.24. The van der Waals surface area contributed by atoms with Crippen LogP contribution in [0.5, 0.6) is 0 Å². The van der Waals surface area contributed by atoms with Gasteiger partial charge in [0.15, 0.2) is 0 Å². The molecule has 4 aliphatic rings. The van der Waals surface area contributed by atoms with E-state index in [0.717, 1.165) is 23.9 Å². The van der Waals surface area contributed by atoms with Gasteiger partial charge in [0.1, 0.15) is 24.3 Å². The second-order valence-corrected chi connectivity index (χ2v) is 12.0. The van der Waals surface area contributed by atoms with E-state index in [1.165, 1.54) is 18.0 Å². The average Bonchev–Trinajstić information content (AvgIpc) is 3.43. The molecule has 0 spiro atoms. The zero-order chi connectivity index (χ0) is 28.5. The van der Waals surface area contributed by atoms with Crippen LogP contribution in [0.1, 0.15) is 80.7 Å². The van der Waals surface area contributed by atoms with Crippen LogP contribution in [0, 0.1) is 5.92 Å². The Labute approximate surface area is 222 Å². The third kappa shape index (κ3) is 5.10. The zero-order valence-electron chi connectivity index (χ0n) is 22.1. The lowest BCUT2D eigenvalue weighted by molar-refractivity contribution is -0.330. The Balaban J connectivity index is 1.35. The molecule has 6 rings (SSSR count). The van der Waals surface area contributed by atoms with Gasteiger partial charge in [-0.2, -0.15) is 10.2 Å². The average molecular weight is 557 g/mol. The fourth-order valence-electron chi connectivity index (χ4n) is 6.24. The number of aromatic nitrogens is 4. The Morgan fingerprint density at radius 2 is 1.85 bits per heavy atom. The van der Waals surface area contributed by atoms with E-state index in [-0.39, 0.29) is 23.7 Å². The quantitative estimate of drug-likeness (QED) is 0.475. The summed E-state index contributed by atoms with van der Waals surface area (Å²) in [5, 5.41) is 21.3. The Hall–Kier alpha value is -3.16. The lowest BCUT2D eigenvalue weighted by Crippen LogP contribution is -2.72. The number of nitrogens with zero attached hydrogens (tertiary/aromatic N) is 5. The second-order valence-electron chi connectivity index (χ2n) is 12.0. The molecule has 0 radical (unpaired) electrons. The maximum absolute atomic E-state index is 15.3. The van der Waals surface area contributed by atoms with E-state index in [1.54, 1.807) is 10.7 Å². The first-order chi connectivity index (χ1) is 18.1. The van der Waals surface area contributed by atoms with Crippen molar-refractivity contribution in [3.05, 3.63) is 29.2 Å². The number of ether oxygens (including phenoxy) is 1. The van der Waals surface area contributed by atoms with Gasteiger partial charge in [-0.3, -0.25) is 19.1 Å². The highest BCUT2D eigenvalue weighted by atomic mass is 19.4. The SMILES string of the molecule is Cn1nc(COC(F)(F)F)cc1C(=O)Nc1cc([C@@H]2C[C@@H](F)[C@H](N(C(=O)O)C34CC(C3)C4)C2)nn1C(C)(C)C. The zero-order valence-corrected chi connectivity index (χ0v) is 22.1. The Morgan fingerprint density at radius 3 is 2.38 bits per heavy atom. The molecule has 2 aromatic heterocycles. The normalized spacial score (nSPS) is 28.1. The van der Waals surface area contributed by atoms with Crippen LogP contribution in [-0.2, 0) is 23.9 Å². The minimum Gasteiger partial charge on any atom is -0.465 e. The molecule has 14 heteroatoms. The van der Waals surface area contributed by atoms with Crippen LogP contribution in [0.2, 0.25) is 0 Å². The number of aryl methyl sites for hydroxylation is 1. The summed E-state index contributed by atoms with van der Waals surface area (Å²) in [5.41, 5.74) is -0.526. The minimum atomic E-state index is -4.83. The number of halogens is 4. The number of nitrogens with one attached hydrogen (secondary N) is 1. The molecule has 4 aliphatic carbocycles. The first kappa shape index (κ1) is 27.4. The molecule has 0 aliphatic heterocycles. The summed E-state index contributed by atoms with van der Waals surface area (Å²) in [6.45, 7) is 4.79. The van der Waals surface area contributed by atoms with E-state index < -0.39 is 48.3 Å². The minimum absolute atomic E-state index is 0.0133. The molecule has 10 nitrogen and oxygen atoms in total. The van der Waals surface area contributed by atoms with E-state index in [1.807, 2.05) is 20.8 Å². The van der Waals surface area contributed by atoms with Crippen LogP contribution < -0.4 is 5.32 Å². The van der Waals surface area contributed by atoms with E-state index in [2.05, 4.69) is 20.3 Å². The summed E-state index contributed by atoms with van der Waals surface area (Å²) < 4.78 is 59.0. The van der Waals surface area contributed by atoms with Gasteiger partial charge in [-0.25, -0.2) is 13.9 Å². The number of rotatable bonds is 7. The largest absolute Gasteiger partial charge is 0.522 e. The van der Waals surface area contributed by atoms with Gasteiger partial charge in [0.05, 0.1) is 23.0 Å². The van der Waals surface area contributed by atoms with Gasteiger partial charge >= 0.3 is 12.5 Å². The molecule has 0 saturated heterocycles. The molecule has 2 bridgehead atoms. The topological polar surface area (TPSA) is 115 Å². The standard InChI is InChI=1S/C25H32F4N6O4/c1-23(2,3)35-20(30-21(36)19-7-15(31-33(19)4)12-39-25(27,28)29)8-17(32-35)14-5-16(26)18(6-14)34(22(37)38)24-9-13(10-24)11-24/h7-8,13-14,16,18H,5-6,9-12H2,1-4H3,(H,30,36)(H,37,38)/t13?,14-,16-,18-,24?/m1/s1. The summed E-state index contributed by atoms with van der Waals surface area (Å²) in [5.74, 6) is -0.0941. The first-order valence-corrected chi connectivity index (χ1v) is 12.9. The molecule has 4 fully saturated rings. The van der Waals surface area contributed by atoms with Crippen LogP contribution in [-0.4, -0.2) is 65.7 Å². The number of carboxylic acid groups (broad SMARTS) is 1. The van der Waals surface area contributed by atoms with E-state index in [4.69, 9.17) is 0 Å². The fraction of sp³-hybridized carbons (Fsp3) is 0.680. The molecule has 3 atom stereocenters. The molecule has 214 valence electrons. The van der Waals surface area contributed by atoms with Crippen molar-refractivity contribution in [3.63, 3.8) is 0 Å². The first-order valence-electron chi connectivity index (χ1n) is 12.9. The van der Waals surface area contributed by atoms with Crippen molar-refractivity contribution in [2.45, 2.75) is 95.1 Å². The molecule has 0 unspecified atom stereocenters. The Morgan fingerprint density at radius 1 is 1.18 bits per heavy atom. The van der Waals surface area contributed by atoms with Gasteiger partial charge in [0, 0.05) is 24.6 Å². The number of anilines is 1. The molecule has 2 N–H and O–H groups in total. The van der Waals surface area contributed by atoms with Gasteiger partial charge in [-0.05, 0) is 64.9 Å². The van der Waals surface area contributed by atoms with Gasteiger partial charge in [-0.15, -0.1) is 13.2 Å². The van der Waals surface area contributed by atoms with Crippen LogP contribution in [0.3, 0.4) is 0 Å². The Bertz CT molecular complexity index is 1270. The summed E-state index contributed by atoms with van der Waals surface area (Å²) >= 11 is 0. The highest BCUT2D eigenvalue weighted by Crippen LogP contribution is 2.62. The number of alkyl halides is 4. The molecule has 0 aromatic carbocycles. The lowest BCUT2D eigenvalue weighted by Gasteiger charge is -2.66. The number of hydrogen-bond donors (Lipinski definition) is 2. The highest BCUT2D eigenvalue weighted by Gasteiger charge is 2.64. The lowest BCUT2D eigenvalue weighted by atomic mass is 9.49. The van der Waals surface area contributed by atoms with Gasteiger partial charge < -0.3 is 10.4 Å². The van der Waals surface area contributed by atoms with Crippen molar-refractivity contribution in [1.82, 2.24) is 24.5 Å². The number of carbonyl (C=O) groups excluding carboxylic acids is 1. The maximum atomic E-state index is 15.3. The van der Waals surface area contributed by atoms with Crippen molar-refractivity contribution >= 4 is 17.8 Å². The molecule has 4 saturated carbocycles. The van der Waals surface area contributed by atoms with E-state index in [0.29, 0.717) is 23.9 Å². The van der Waals surface area contributed by atoms with Crippen LogP contribution in [0.4, 0.5) is 28.2 Å². The summed E-state index contributed by atoms with van der Waals surface area (Å²) in [4.78, 5) is 26.6. The predicted molar refractivity (Wildman–Crippen MR) is 130 cm³/mol. The summed E-state index contributed by atoms with van der Waals surface area (Å²) in [6, 6.07) is 2.11. The van der Waals surface area contributed by atoms with Gasteiger partial charge in [-0.1, -0.05) is 0 Å². The number of amides is 2. The van der Waals surface area contributed by atoms with E-state index >= 15 is 4.39 Å². The molecule has 2 amide bonds. The summed E-state index contributed by atoms with van der Waals surface area (Å²) in [7, 11) is 1.43. The number of hydrogen-bond acceptors (Lipinski definition) is 5. The van der Waals surface area contributed by atoms with Crippen molar-refractivity contribution in [1.29, 1.82) is 0 Å². The van der Waals surface area contributed by atoms with Crippen LogP contribution in [0.25, 0.3) is 0 Å². The van der Waals surface area contributed by atoms with Gasteiger partial charge in [0.2, 0.25) is 0 Å². The maximum Gasteiger partial charge on any atom is 0.522 e. The van der Waals surface area contributed by atoms with Crippen molar-refractivity contribution in [2.24, 2.45) is 13.0 Å². The third-order valence-corrected chi connectivity index (χ3v) is 8.08. The van der Waals surface area contributed by atoms with E-state index in [9.17, 15) is 27.9 Å². The van der Waals surface area contributed by atoms with Gasteiger partial charge in [0.25, 0.3) is 5.91 Å². The predicted octanol–water partition coefficient (Wildman–Crippen LogP) is 4.78.